The number of nitrogens with zero attached hydrogens (tertiary/aromatic N) is 3. The second-order valence-electron chi connectivity index (χ2n) is 8.75. The molecule has 1 unspecified atom stereocenters. The number of alkyl halides is 3. The molecule has 1 aromatic carbocycles. The van der Waals surface area contributed by atoms with Crippen LogP contribution in [0, 0.1) is 0 Å². The molecular weight excluding hydrogens is 469 g/mol. The molecule has 3 aliphatic rings. The monoisotopic (exact) mass is 492 g/mol. The number of fused-ring (bicyclic) bond motifs is 2. The normalized spacial score (nSPS) is 22.9. The maximum absolute atomic E-state index is 13.3. The molecule has 2 fully saturated rings. The number of urea groups is 1. The van der Waals surface area contributed by atoms with Crippen molar-refractivity contribution in [2.75, 3.05) is 37.6 Å². The van der Waals surface area contributed by atoms with Crippen molar-refractivity contribution in [1.82, 2.24) is 15.1 Å². The van der Waals surface area contributed by atoms with Gasteiger partial charge in [-0.15, -0.1) is 11.3 Å². The summed E-state index contributed by atoms with van der Waals surface area (Å²) in [5.41, 5.74) is -0.534. The van der Waals surface area contributed by atoms with Crippen LogP contribution in [0.15, 0.2) is 35.7 Å². The van der Waals surface area contributed by atoms with Gasteiger partial charge in [-0.25, -0.2) is 4.79 Å². The first kappa shape index (κ1) is 22.7. The Morgan fingerprint density at radius 2 is 1.88 bits per heavy atom. The van der Waals surface area contributed by atoms with E-state index in [-0.39, 0.29) is 12.5 Å². The predicted molar refractivity (Wildman–Crippen MR) is 119 cm³/mol. The minimum absolute atomic E-state index is 0.290. The molecule has 0 radical (unpaired) electrons. The number of imide groups is 1. The SMILES string of the molecule is O=C(CN1C(=O)NC2(CCCc3sccc32)C1=O)N1CCN(c2cccc(C(F)(F)F)c2)CC1. The Morgan fingerprint density at radius 3 is 2.62 bits per heavy atom. The molecule has 7 nitrogen and oxygen atoms in total. The van der Waals surface area contributed by atoms with Crippen LogP contribution >= 0.6 is 11.3 Å². The minimum atomic E-state index is -4.42. The number of amides is 4. The van der Waals surface area contributed by atoms with Gasteiger partial charge in [-0.05, 0) is 48.9 Å². The summed E-state index contributed by atoms with van der Waals surface area (Å²) in [5, 5.41) is 4.75. The van der Waals surface area contributed by atoms with Crippen LogP contribution in [0.5, 0.6) is 0 Å². The van der Waals surface area contributed by atoms with Gasteiger partial charge in [0.2, 0.25) is 5.91 Å². The lowest BCUT2D eigenvalue weighted by Crippen LogP contribution is -2.52. The van der Waals surface area contributed by atoms with Crippen molar-refractivity contribution in [3.05, 3.63) is 51.7 Å². The van der Waals surface area contributed by atoms with Gasteiger partial charge in [0.1, 0.15) is 12.1 Å². The highest BCUT2D eigenvalue weighted by Crippen LogP contribution is 2.42. The van der Waals surface area contributed by atoms with Crippen molar-refractivity contribution in [3.8, 4) is 0 Å². The average molecular weight is 493 g/mol. The molecule has 2 aliphatic heterocycles. The van der Waals surface area contributed by atoms with Crippen molar-refractivity contribution >= 4 is 34.9 Å². The van der Waals surface area contributed by atoms with Crippen molar-refractivity contribution in [2.24, 2.45) is 0 Å². The number of carbonyl (C=O) groups excluding carboxylic acids is 3. The number of aryl methyl sites for hydroxylation is 1. The molecular formula is C23H23F3N4O3S. The molecule has 1 atom stereocenters. The number of thiophene rings is 1. The molecule has 1 N–H and O–H groups in total. The summed E-state index contributed by atoms with van der Waals surface area (Å²) in [5.74, 6) is -0.751. The van der Waals surface area contributed by atoms with Crippen molar-refractivity contribution in [3.63, 3.8) is 0 Å². The lowest BCUT2D eigenvalue weighted by atomic mass is 9.80. The Kier molecular flexibility index (Phi) is 5.54. The topological polar surface area (TPSA) is 73.0 Å². The molecule has 5 rings (SSSR count). The van der Waals surface area contributed by atoms with Crippen LogP contribution in [0.1, 0.15) is 28.8 Å². The van der Waals surface area contributed by atoms with E-state index >= 15 is 0 Å². The third kappa shape index (κ3) is 3.81. The molecule has 3 heterocycles. The smallest absolute Gasteiger partial charge is 0.368 e. The molecule has 180 valence electrons. The number of hydrogen-bond acceptors (Lipinski definition) is 5. The third-order valence-corrected chi connectivity index (χ3v) is 7.78. The van der Waals surface area contributed by atoms with Crippen LogP contribution in [-0.2, 0) is 27.7 Å². The zero-order chi connectivity index (χ0) is 24.1. The van der Waals surface area contributed by atoms with E-state index in [4.69, 9.17) is 0 Å². The number of anilines is 1. The van der Waals surface area contributed by atoms with Gasteiger partial charge in [-0.2, -0.15) is 13.2 Å². The summed E-state index contributed by atoms with van der Waals surface area (Å²) < 4.78 is 39.1. The van der Waals surface area contributed by atoms with Gasteiger partial charge in [-0.3, -0.25) is 14.5 Å². The van der Waals surface area contributed by atoms with Crippen molar-refractivity contribution < 1.29 is 27.6 Å². The Labute approximate surface area is 198 Å². The van der Waals surface area contributed by atoms with E-state index in [0.29, 0.717) is 38.3 Å². The van der Waals surface area contributed by atoms with Crippen molar-refractivity contribution in [2.45, 2.75) is 31.0 Å². The zero-order valence-electron chi connectivity index (χ0n) is 18.2. The number of hydrogen-bond donors (Lipinski definition) is 1. The number of rotatable bonds is 3. The van der Waals surface area contributed by atoms with Gasteiger partial charge in [0.25, 0.3) is 5.91 Å². The minimum Gasteiger partial charge on any atom is -0.368 e. The summed E-state index contributed by atoms with van der Waals surface area (Å²) >= 11 is 1.56. The van der Waals surface area contributed by atoms with Gasteiger partial charge in [0, 0.05) is 42.3 Å². The second kappa shape index (κ2) is 8.30. The first-order valence-electron chi connectivity index (χ1n) is 11.1. The highest BCUT2D eigenvalue weighted by atomic mass is 32.1. The molecule has 2 saturated heterocycles. The predicted octanol–water partition coefficient (Wildman–Crippen LogP) is 3.20. The number of piperazine rings is 1. The summed E-state index contributed by atoms with van der Waals surface area (Å²) in [6, 6.07) is 6.41. The van der Waals surface area contributed by atoms with E-state index in [1.165, 1.54) is 6.07 Å². The lowest BCUT2D eigenvalue weighted by Gasteiger charge is -2.37. The van der Waals surface area contributed by atoms with Gasteiger partial charge in [0.15, 0.2) is 0 Å². The Morgan fingerprint density at radius 1 is 1.12 bits per heavy atom. The third-order valence-electron chi connectivity index (χ3n) is 6.80. The van der Waals surface area contributed by atoms with Gasteiger partial charge in [0.05, 0.1) is 5.56 Å². The van der Waals surface area contributed by atoms with Crippen LogP contribution < -0.4 is 10.2 Å². The highest BCUT2D eigenvalue weighted by molar-refractivity contribution is 7.10. The summed E-state index contributed by atoms with van der Waals surface area (Å²) in [7, 11) is 0. The Bertz CT molecular complexity index is 1140. The van der Waals surface area contributed by atoms with E-state index in [0.717, 1.165) is 40.3 Å². The zero-order valence-corrected chi connectivity index (χ0v) is 19.0. The molecule has 11 heteroatoms. The standard InChI is InChI=1S/C23H23F3N4O3S/c24-23(25,26)15-3-1-4-16(13-15)28-8-10-29(11-9-28)19(31)14-30-20(32)22(27-21(30)33)7-2-5-18-17(22)6-12-34-18/h1,3-4,6,12-13H,2,5,7-11,14H2,(H,27,33). The average Bonchev–Trinajstić information content (AvgIpc) is 3.39. The van der Waals surface area contributed by atoms with E-state index < -0.39 is 29.2 Å². The Hall–Kier alpha value is -3.08. The summed E-state index contributed by atoms with van der Waals surface area (Å²) in [4.78, 5) is 44.3. The fourth-order valence-corrected chi connectivity index (χ4v) is 6.01. The molecule has 34 heavy (non-hydrogen) atoms. The molecule has 0 bridgehead atoms. The number of benzene rings is 1. The van der Waals surface area contributed by atoms with Crippen LogP contribution in [0.25, 0.3) is 0 Å². The maximum atomic E-state index is 13.3. The number of nitrogens with one attached hydrogen (secondary N) is 1. The van der Waals surface area contributed by atoms with Gasteiger partial charge >= 0.3 is 12.2 Å². The van der Waals surface area contributed by atoms with Gasteiger partial charge < -0.3 is 15.1 Å². The van der Waals surface area contributed by atoms with Crippen LogP contribution in [-0.4, -0.2) is 60.4 Å². The summed E-state index contributed by atoms with van der Waals surface area (Å²) in [6.45, 7) is 0.942. The fraction of sp³-hybridized carbons (Fsp3) is 0.435. The number of carbonyl (C=O) groups is 3. The summed E-state index contributed by atoms with van der Waals surface area (Å²) in [6.07, 6.45) is -2.27. The largest absolute Gasteiger partial charge is 0.416 e. The first-order chi connectivity index (χ1) is 16.2. The molecule has 2 aromatic rings. The van der Waals surface area contributed by atoms with Crippen LogP contribution in [0.3, 0.4) is 0 Å². The molecule has 1 aromatic heterocycles. The highest BCUT2D eigenvalue weighted by Gasteiger charge is 2.54. The van der Waals surface area contributed by atoms with E-state index in [1.807, 2.05) is 11.4 Å². The maximum Gasteiger partial charge on any atom is 0.416 e. The van der Waals surface area contributed by atoms with Gasteiger partial charge in [-0.1, -0.05) is 6.07 Å². The molecule has 4 amide bonds. The Balaban J connectivity index is 1.23. The fourth-order valence-electron chi connectivity index (χ4n) is 5.01. The lowest BCUT2D eigenvalue weighted by molar-refractivity contribution is -0.139. The van der Waals surface area contributed by atoms with Crippen molar-refractivity contribution in [1.29, 1.82) is 0 Å². The first-order valence-corrected chi connectivity index (χ1v) is 12.0. The molecule has 1 aliphatic carbocycles. The number of halogens is 3. The molecule has 0 saturated carbocycles. The van der Waals surface area contributed by atoms with E-state index in [2.05, 4.69) is 5.32 Å². The van der Waals surface area contributed by atoms with Crippen LogP contribution in [0.4, 0.5) is 23.7 Å². The van der Waals surface area contributed by atoms with Crippen LogP contribution in [0.2, 0.25) is 0 Å². The second-order valence-corrected chi connectivity index (χ2v) is 9.75. The van der Waals surface area contributed by atoms with E-state index in [9.17, 15) is 27.6 Å². The van der Waals surface area contributed by atoms with E-state index in [1.54, 1.807) is 27.2 Å². The molecule has 1 spiro atoms. The quantitative estimate of drug-likeness (QED) is 0.668.